The first-order chi connectivity index (χ1) is 10.1. The molecule has 0 aliphatic carbocycles. The molecule has 1 amide bonds. The van der Waals surface area contributed by atoms with E-state index < -0.39 is 0 Å². The molecule has 5 heteroatoms. The first-order valence-electron chi connectivity index (χ1n) is 6.75. The fraction of sp³-hybridized carbons (Fsp3) is 0.250. The quantitative estimate of drug-likeness (QED) is 0.624. The van der Waals surface area contributed by atoms with Crippen molar-refractivity contribution in [2.75, 3.05) is 13.7 Å². The van der Waals surface area contributed by atoms with Gasteiger partial charge >= 0.3 is 0 Å². The van der Waals surface area contributed by atoms with Gasteiger partial charge in [-0.3, -0.25) is 4.79 Å². The van der Waals surface area contributed by atoms with Gasteiger partial charge in [0.2, 0.25) is 0 Å². The molecule has 0 radical (unpaired) electrons. The fourth-order valence-corrected chi connectivity index (χ4v) is 2.02. The van der Waals surface area contributed by atoms with Crippen LogP contribution < -0.4 is 9.47 Å². The van der Waals surface area contributed by atoms with Crippen LogP contribution in [0.1, 0.15) is 22.8 Å². The van der Waals surface area contributed by atoms with E-state index in [1.807, 2.05) is 31.2 Å². The number of pyridine rings is 1. The Morgan fingerprint density at radius 1 is 1.19 bits per heavy atom. The van der Waals surface area contributed by atoms with Crippen LogP contribution in [0.4, 0.5) is 0 Å². The summed E-state index contributed by atoms with van der Waals surface area (Å²) in [6.45, 7) is 3.04. The van der Waals surface area contributed by atoms with Gasteiger partial charge in [-0.1, -0.05) is 12.1 Å². The molecule has 0 bridgehead atoms. The maximum Gasteiger partial charge on any atom is 0.254 e. The Hall–Kier alpha value is -2.56. The minimum absolute atomic E-state index is 0.0890. The van der Waals surface area contributed by atoms with Crippen LogP contribution in [0.15, 0.2) is 48.8 Å². The van der Waals surface area contributed by atoms with Crippen molar-refractivity contribution >= 4 is 5.91 Å². The van der Waals surface area contributed by atoms with Crippen molar-refractivity contribution in [2.45, 2.75) is 13.5 Å². The number of carbonyl (C=O) groups excluding carboxylic acids is 1. The third-order valence-electron chi connectivity index (χ3n) is 3.25. The standard InChI is InChI=1S/C16H18N2O3/c1-3-17(12-13-4-6-15(21-2)7-5-13)16(19)14-8-10-18(20)11-9-14/h4-11H,3,12H2,1-2H3. The van der Waals surface area contributed by atoms with Gasteiger partial charge < -0.3 is 14.8 Å². The Bertz CT molecular complexity index is 594. The van der Waals surface area contributed by atoms with Gasteiger partial charge in [0.1, 0.15) is 5.75 Å². The molecule has 2 aromatic rings. The van der Waals surface area contributed by atoms with Gasteiger partial charge in [-0.05, 0) is 24.6 Å². The summed E-state index contributed by atoms with van der Waals surface area (Å²) in [5, 5.41) is 11.0. The van der Waals surface area contributed by atoms with Gasteiger partial charge in [0.15, 0.2) is 12.4 Å². The number of methoxy groups -OCH3 is 1. The van der Waals surface area contributed by atoms with Crippen molar-refractivity contribution in [3.8, 4) is 5.75 Å². The third-order valence-corrected chi connectivity index (χ3v) is 3.25. The Morgan fingerprint density at radius 3 is 2.33 bits per heavy atom. The molecule has 2 rings (SSSR count). The molecule has 0 saturated heterocycles. The van der Waals surface area contributed by atoms with Gasteiger partial charge in [0.05, 0.1) is 12.7 Å². The van der Waals surface area contributed by atoms with E-state index in [9.17, 15) is 10.0 Å². The van der Waals surface area contributed by atoms with E-state index in [1.165, 1.54) is 24.5 Å². The molecule has 0 spiro atoms. The molecule has 0 fully saturated rings. The summed E-state index contributed by atoms with van der Waals surface area (Å²) in [4.78, 5) is 14.1. The van der Waals surface area contributed by atoms with Crippen LogP contribution in [0.2, 0.25) is 0 Å². The molecule has 0 N–H and O–H groups in total. The molecule has 0 unspecified atom stereocenters. The molecule has 1 heterocycles. The van der Waals surface area contributed by atoms with Crippen LogP contribution >= 0.6 is 0 Å². The van der Waals surface area contributed by atoms with Crippen LogP contribution in [0.3, 0.4) is 0 Å². The molecule has 1 aromatic carbocycles. The Balaban J connectivity index is 2.11. The molecule has 0 saturated carbocycles. The van der Waals surface area contributed by atoms with Crippen LogP contribution in [-0.2, 0) is 6.54 Å². The summed E-state index contributed by atoms with van der Waals surface area (Å²) < 4.78 is 5.78. The number of amides is 1. The number of hydrogen-bond donors (Lipinski definition) is 0. The maximum absolute atomic E-state index is 12.4. The average Bonchev–Trinajstić information content (AvgIpc) is 2.53. The minimum atomic E-state index is -0.0890. The van der Waals surface area contributed by atoms with E-state index in [-0.39, 0.29) is 5.91 Å². The summed E-state index contributed by atoms with van der Waals surface area (Å²) in [7, 11) is 1.62. The van der Waals surface area contributed by atoms with E-state index >= 15 is 0 Å². The predicted molar refractivity (Wildman–Crippen MR) is 78.8 cm³/mol. The highest BCUT2D eigenvalue weighted by Crippen LogP contribution is 2.14. The lowest BCUT2D eigenvalue weighted by atomic mass is 10.1. The molecule has 0 aliphatic rings. The number of hydrogen-bond acceptors (Lipinski definition) is 3. The zero-order valence-corrected chi connectivity index (χ0v) is 12.2. The molecule has 0 aliphatic heterocycles. The highest BCUT2D eigenvalue weighted by molar-refractivity contribution is 5.93. The minimum Gasteiger partial charge on any atom is -0.619 e. The Morgan fingerprint density at radius 2 is 1.81 bits per heavy atom. The second kappa shape index (κ2) is 6.74. The van der Waals surface area contributed by atoms with Gasteiger partial charge in [0, 0.05) is 25.2 Å². The first kappa shape index (κ1) is 14.8. The summed E-state index contributed by atoms with van der Waals surface area (Å²) >= 11 is 0. The average molecular weight is 286 g/mol. The SMILES string of the molecule is CCN(Cc1ccc(OC)cc1)C(=O)c1cc[n+]([O-])cc1. The van der Waals surface area contributed by atoms with Gasteiger partial charge in [-0.25, -0.2) is 0 Å². The zero-order chi connectivity index (χ0) is 15.2. The van der Waals surface area contributed by atoms with Crippen LogP contribution in [0.5, 0.6) is 5.75 Å². The highest BCUT2D eigenvalue weighted by Gasteiger charge is 2.15. The monoisotopic (exact) mass is 286 g/mol. The molecule has 0 atom stereocenters. The smallest absolute Gasteiger partial charge is 0.254 e. The molecular weight excluding hydrogens is 268 g/mol. The van der Waals surface area contributed by atoms with Crippen molar-refractivity contribution in [2.24, 2.45) is 0 Å². The van der Waals surface area contributed by atoms with Crippen molar-refractivity contribution in [1.29, 1.82) is 0 Å². The van der Waals surface area contributed by atoms with Crippen molar-refractivity contribution in [3.05, 3.63) is 65.1 Å². The van der Waals surface area contributed by atoms with E-state index in [0.717, 1.165) is 11.3 Å². The number of nitrogens with zero attached hydrogens (tertiary/aromatic N) is 2. The van der Waals surface area contributed by atoms with E-state index in [2.05, 4.69) is 0 Å². The number of carbonyl (C=O) groups is 1. The first-order valence-corrected chi connectivity index (χ1v) is 6.75. The van der Waals surface area contributed by atoms with E-state index in [4.69, 9.17) is 4.74 Å². The zero-order valence-electron chi connectivity index (χ0n) is 12.2. The normalized spacial score (nSPS) is 10.2. The summed E-state index contributed by atoms with van der Waals surface area (Å²) in [5.41, 5.74) is 1.54. The van der Waals surface area contributed by atoms with Crippen LogP contribution in [-0.4, -0.2) is 24.5 Å². The Labute approximate surface area is 124 Å². The number of benzene rings is 1. The van der Waals surface area contributed by atoms with Crippen LogP contribution in [0, 0.1) is 5.21 Å². The number of aromatic nitrogens is 1. The van der Waals surface area contributed by atoms with Crippen LogP contribution in [0.25, 0.3) is 0 Å². The maximum atomic E-state index is 12.4. The predicted octanol–water partition coefficient (Wildman–Crippen LogP) is 1.99. The second-order valence-electron chi connectivity index (χ2n) is 4.61. The molecule has 1 aromatic heterocycles. The summed E-state index contributed by atoms with van der Waals surface area (Å²) in [6, 6.07) is 10.7. The fourth-order valence-electron chi connectivity index (χ4n) is 2.02. The topological polar surface area (TPSA) is 56.5 Å². The second-order valence-corrected chi connectivity index (χ2v) is 4.61. The lowest BCUT2D eigenvalue weighted by Crippen LogP contribution is -2.31. The van der Waals surface area contributed by atoms with Crippen molar-refractivity contribution in [3.63, 3.8) is 0 Å². The lowest BCUT2D eigenvalue weighted by Gasteiger charge is -2.21. The highest BCUT2D eigenvalue weighted by atomic mass is 16.5. The van der Waals surface area contributed by atoms with E-state index in [0.29, 0.717) is 23.4 Å². The number of rotatable bonds is 5. The summed E-state index contributed by atoms with van der Waals surface area (Å²) in [6.07, 6.45) is 2.66. The molecular formula is C16H18N2O3. The molecule has 21 heavy (non-hydrogen) atoms. The van der Waals surface area contributed by atoms with Gasteiger partial charge in [-0.2, -0.15) is 4.73 Å². The van der Waals surface area contributed by atoms with Crippen molar-refractivity contribution < 1.29 is 14.3 Å². The van der Waals surface area contributed by atoms with Gasteiger partial charge in [0.25, 0.3) is 5.91 Å². The lowest BCUT2D eigenvalue weighted by molar-refractivity contribution is -0.605. The summed E-state index contributed by atoms with van der Waals surface area (Å²) in [5.74, 6) is 0.699. The third kappa shape index (κ3) is 3.72. The number of ether oxygens (including phenoxy) is 1. The molecule has 5 nitrogen and oxygen atoms in total. The largest absolute Gasteiger partial charge is 0.619 e. The molecule has 110 valence electrons. The van der Waals surface area contributed by atoms with Crippen molar-refractivity contribution in [1.82, 2.24) is 4.90 Å². The Kier molecular flexibility index (Phi) is 4.77. The van der Waals surface area contributed by atoms with Gasteiger partial charge in [-0.15, -0.1) is 0 Å². The van der Waals surface area contributed by atoms with E-state index in [1.54, 1.807) is 12.0 Å².